The largest absolute Gasteiger partial charge is 0.504 e. The second kappa shape index (κ2) is 13.3. The molecule has 1 aliphatic heterocycles. The van der Waals surface area contributed by atoms with Gasteiger partial charge >= 0.3 is 0 Å². The molecule has 25 heavy (non-hydrogen) atoms. The van der Waals surface area contributed by atoms with E-state index in [0.29, 0.717) is 11.4 Å². The number of ether oxygens (including phenoxy) is 1. The van der Waals surface area contributed by atoms with Crippen molar-refractivity contribution in [2.24, 2.45) is 4.99 Å². The summed E-state index contributed by atoms with van der Waals surface area (Å²) in [4.78, 5) is 17.0. The summed E-state index contributed by atoms with van der Waals surface area (Å²) in [5, 5.41) is 9.74. The Hall–Kier alpha value is -2.04. The first kappa shape index (κ1) is 23.0. The topological polar surface area (TPSA) is 62.1 Å². The number of unbranched alkanes of at least 4 members (excludes halogenated alkanes) is 1. The average Bonchev–Trinajstić information content (AvgIpc) is 3.11. The number of carbonyl (C=O) groups is 1. The number of nitrogens with zero attached hydrogens (tertiary/aromatic N) is 2. The van der Waals surface area contributed by atoms with Crippen molar-refractivity contribution in [3.8, 4) is 11.5 Å². The predicted molar refractivity (Wildman–Crippen MR) is 105 cm³/mol. The first-order valence-corrected chi connectivity index (χ1v) is 9.20. The van der Waals surface area contributed by atoms with Gasteiger partial charge in [0.15, 0.2) is 11.5 Å². The van der Waals surface area contributed by atoms with Crippen molar-refractivity contribution in [3.05, 3.63) is 17.7 Å². The minimum atomic E-state index is 0.0566. The number of carbonyl (C=O) groups excluding carboxylic acids is 1. The van der Waals surface area contributed by atoms with Gasteiger partial charge in [0.1, 0.15) is 0 Å². The van der Waals surface area contributed by atoms with Gasteiger partial charge in [0.05, 0.1) is 18.8 Å². The lowest BCUT2D eigenvalue weighted by atomic mass is 10.1. The third-order valence-corrected chi connectivity index (χ3v) is 3.86. The Labute approximate surface area is 152 Å². The molecule has 142 valence electrons. The molecule has 1 N–H and O–H groups in total. The summed E-state index contributed by atoms with van der Waals surface area (Å²) in [7, 11) is 1.51. The summed E-state index contributed by atoms with van der Waals surface area (Å²) >= 11 is 0. The fourth-order valence-corrected chi connectivity index (χ4v) is 2.23. The van der Waals surface area contributed by atoms with E-state index in [2.05, 4.69) is 18.8 Å². The monoisotopic (exact) mass is 350 g/mol. The maximum Gasteiger partial charge on any atom is 0.210 e. The summed E-state index contributed by atoms with van der Waals surface area (Å²) in [6.07, 6.45) is 7.21. The van der Waals surface area contributed by atoms with Crippen molar-refractivity contribution in [3.63, 3.8) is 0 Å². The molecule has 1 saturated heterocycles. The molecule has 2 rings (SSSR count). The van der Waals surface area contributed by atoms with Gasteiger partial charge in [-0.1, -0.05) is 40.5 Å². The standard InChI is InChI=1S/C14H18N2O3.C4H10.C2H6/c1-10-6-14(19-2)13(18)7-12(10)15-8-11-4-3-5-16(11)9-17;1-3-4-2;1-2/h6-9,11,18H,3-5H2,1-2H3;3-4H2,1-2H3;1-2H3. The zero-order valence-corrected chi connectivity index (χ0v) is 16.6. The molecule has 1 aromatic carbocycles. The number of aryl methyl sites for hydroxylation is 1. The molecule has 1 atom stereocenters. The van der Waals surface area contributed by atoms with Gasteiger partial charge < -0.3 is 14.7 Å². The number of phenols is 1. The Morgan fingerprint density at radius 2 is 1.96 bits per heavy atom. The number of rotatable bonds is 5. The maximum atomic E-state index is 10.8. The van der Waals surface area contributed by atoms with Gasteiger partial charge in [0.2, 0.25) is 6.41 Å². The van der Waals surface area contributed by atoms with Crippen LogP contribution in [0.25, 0.3) is 0 Å². The van der Waals surface area contributed by atoms with E-state index in [1.807, 2.05) is 20.8 Å². The summed E-state index contributed by atoms with van der Waals surface area (Å²) in [5.41, 5.74) is 1.61. The number of likely N-dealkylation sites (tertiary alicyclic amines) is 1. The highest BCUT2D eigenvalue weighted by Gasteiger charge is 2.20. The molecule has 0 bridgehead atoms. The summed E-state index contributed by atoms with van der Waals surface area (Å²) < 4.78 is 5.04. The molecule has 1 aromatic rings. The fraction of sp³-hybridized carbons (Fsp3) is 0.600. The number of aliphatic imine (C=N–C) groups is 1. The molecule has 0 aromatic heterocycles. The molecule has 1 fully saturated rings. The van der Waals surface area contributed by atoms with Crippen LogP contribution in [0.15, 0.2) is 17.1 Å². The Kier molecular flexibility index (Phi) is 12.2. The lowest BCUT2D eigenvalue weighted by Gasteiger charge is -2.15. The SMILES string of the molecule is CC.CCCC.COc1cc(C)c(N=CC2CCCN2C=O)cc1O. The summed E-state index contributed by atoms with van der Waals surface area (Å²) in [6, 6.07) is 3.38. The Morgan fingerprint density at radius 1 is 1.32 bits per heavy atom. The molecule has 0 radical (unpaired) electrons. The summed E-state index contributed by atoms with van der Waals surface area (Å²) in [5.74, 6) is 0.505. The number of phenolic OH excluding ortho intramolecular Hbond substituents is 1. The van der Waals surface area contributed by atoms with Crippen LogP contribution in [0.5, 0.6) is 11.5 Å². The van der Waals surface area contributed by atoms with Crippen LogP contribution < -0.4 is 4.74 Å². The number of benzene rings is 1. The quantitative estimate of drug-likeness (QED) is 0.609. The van der Waals surface area contributed by atoms with Gasteiger partial charge in [0, 0.05) is 18.8 Å². The Bertz CT molecular complexity index is 528. The van der Waals surface area contributed by atoms with Crippen molar-refractivity contribution >= 4 is 18.3 Å². The summed E-state index contributed by atoms with van der Waals surface area (Å²) in [6.45, 7) is 11.0. The van der Waals surface area contributed by atoms with E-state index in [1.54, 1.807) is 23.2 Å². The van der Waals surface area contributed by atoms with E-state index in [1.165, 1.54) is 20.0 Å². The molecular weight excluding hydrogens is 316 g/mol. The van der Waals surface area contributed by atoms with Crippen molar-refractivity contribution in [2.75, 3.05) is 13.7 Å². The third kappa shape index (κ3) is 7.59. The van der Waals surface area contributed by atoms with Gasteiger partial charge in [-0.2, -0.15) is 0 Å². The van der Waals surface area contributed by atoms with Crippen LogP contribution in [-0.2, 0) is 4.79 Å². The van der Waals surface area contributed by atoms with Crippen molar-refractivity contribution in [2.45, 2.75) is 66.3 Å². The number of hydrogen-bond donors (Lipinski definition) is 1. The first-order valence-electron chi connectivity index (χ1n) is 9.20. The highest BCUT2D eigenvalue weighted by atomic mass is 16.5. The van der Waals surface area contributed by atoms with Gasteiger partial charge in [0.25, 0.3) is 0 Å². The van der Waals surface area contributed by atoms with Gasteiger partial charge in [-0.15, -0.1) is 0 Å². The number of methoxy groups -OCH3 is 1. The molecule has 1 unspecified atom stereocenters. The normalized spacial score (nSPS) is 15.9. The van der Waals surface area contributed by atoms with Crippen LogP contribution in [-0.4, -0.2) is 42.3 Å². The molecule has 1 heterocycles. The molecule has 0 aliphatic carbocycles. The second-order valence-electron chi connectivity index (χ2n) is 5.64. The zero-order chi connectivity index (χ0) is 19.2. The Morgan fingerprint density at radius 3 is 2.48 bits per heavy atom. The van der Waals surface area contributed by atoms with Crippen LogP contribution in [0, 0.1) is 6.92 Å². The van der Waals surface area contributed by atoms with Crippen LogP contribution in [0.4, 0.5) is 5.69 Å². The van der Waals surface area contributed by atoms with E-state index in [4.69, 9.17) is 4.74 Å². The van der Waals surface area contributed by atoms with Crippen LogP contribution in [0.1, 0.15) is 58.9 Å². The van der Waals surface area contributed by atoms with Crippen LogP contribution in [0.2, 0.25) is 0 Å². The smallest absolute Gasteiger partial charge is 0.210 e. The number of aromatic hydroxyl groups is 1. The van der Waals surface area contributed by atoms with Gasteiger partial charge in [-0.05, 0) is 31.4 Å². The minimum Gasteiger partial charge on any atom is -0.504 e. The number of hydrogen-bond acceptors (Lipinski definition) is 4. The minimum absolute atomic E-state index is 0.0566. The van der Waals surface area contributed by atoms with Crippen molar-refractivity contribution < 1.29 is 14.6 Å². The predicted octanol–water partition coefficient (Wildman–Crippen LogP) is 4.86. The third-order valence-electron chi connectivity index (χ3n) is 3.86. The van der Waals surface area contributed by atoms with Gasteiger partial charge in [-0.3, -0.25) is 9.79 Å². The molecule has 5 heteroatoms. The molecule has 0 saturated carbocycles. The highest BCUT2D eigenvalue weighted by Crippen LogP contribution is 2.33. The van der Waals surface area contributed by atoms with E-state index < -0.39 is 0 Å². The van der Waals surface area contributed by atoms with Crippen LogP contribution in [0.3, 0.4) is 0 Å². The fourth-order valence-electron chi connectivity index (χ4n) is 2.23. The highest BCUT2D eigenvalue weighted by molar-refractivity contribution is 5.74. The number of amides is 1. The maximum absolute atomic E-state index is 10.8. The van der Waals surface area contributed by atoms with E-state index in [0.717, 1.165) is 31.4 Å². The van der Waals surface area contributed by atoms with Crippen LogP contribution >= 0.6 is 0 Å². The van der Waals surface area contributed by atoms with Crippen molar-refractivity contribution in [1.82, 2.24) is 4.90 Å². The zero-order valence-electron chi connectivity index (χ0n) is 16.6. The van der Waals surface area contributed by atoms with E-state index in [-0.39, 0.29) is 11.8 Å². The average molecular weight is 351 g/mol. The van der Waals surface area contributed by atoms with Gasteiger partial charge in [-0.25, -0.2) is 0 Å². The Balaban J connectivity index is 0.000000845. The molecule has 1 aliphatic rings. The first-order chi connectivity index (χ1) is 12.1. The molecule has 0 spiro atoms. The second-order valence-corrected chi connectivity index (χ2v) is 5.64. The molecule has 5 nitrogen and oxygen atoms in total. The van der Waals surface area contributed by atoms with Crippen molar-refractivity contribution in [1.29, 1.82) is 0 Å². The molecular formula is C20H34N2O3. The van der Waals surface area contributed by atoms with E-state index >= 15 is 0 Å². The molecule has 1 amide bonds. The lowest BCUT2D eigenvalue weighted by molar-refractivity contribution is -0.117. The lowest BCUT2D eigenvalue weighted by Crippen LogP contribution is -2.28. The van der Waals surface area contributed by atoms with E-state index in [9.17, 15) is 9.90 Å².